The molecule has 6 aliphatic rings. The molecule has 2 heterocycles. The van der Waals surface area contributed by atoms with E-state index >= 15 is 0 Å². The SMILES string of the molecule is CC(=O)OC1C([N+]2(C)CCCCC2)CC2C3CCC4CC(O)C(N5CCCCC5)C[C@]4(C)C3CC[C@@]21C.[Br-]. The van der Waals surface area contributed by atoms with Crippen molar-refractivity contribution in [3.05, 3.63) is 0 Å². The van der Waals surface area contributed by atoms with Gasteiger partial charge in [-0.1, -0.05) is 20.3 Å². The molecule has 218 valence electrons. The van der Waals surface area contributed by atoms with E-state index in [0.717, 1.165) is 22.7 Å². The smallest absolute Gasteiger partial charge is 0.303 e. The van der Waals surface area contributed by atoms with Gasteiger partial charge in [-0.2, -0.15) is 0 Å². The van der Waals surface area contributed by atoms with Crippen molar-refractivity contribution in [2.45, 2.75) is 129 Å². The number of likely N-dealkylation sites (N-methyl/N-ethyl adjacent to an activating group) is 1. The number of carbonyl (C=O) groups excluding carboxylic acids is 1. The molecule has 38 heavy (non-hydrogen) atoms. The standard InChI is InChI=1S/C32H55N2O3.BrH/c1-22(35)37-30-28(34(4)17-9-6-10-18-34)20-26-24-12-11-23-19-29(36)27(33-15-7-5-8-16-33)21-32(23,3)25(24)13-14-31(26,30)2;/h23-30,36H,5-21H2,1-4H3;1H/q+1;/p-1/t23?,24?,25?,26?,27?,28?,29?,30?,31-,32-;/m0./s1. The summed E-state index contributed by atoms with van der Waals surface area (Å²) in [5.41, 5.74) is 0.448. The summed E-state index contributed by atoms with van der Waals surface area (Å²) in [6, 6.07) is 0.814. The van der Waals surface area contributed by atoms with Crippen LogP contribution in [-0.4, -0.2) is 78.0 Å². The third-order valence-electron chi connectivity index (χ3n) is 13.4. The van der Waals surface area contributed by atoms with Gasteiger partial charge in [0.15, 0.2) is 6.10 Å². The maximum atomic E-state index is 12.4. The van der Waals surface area contributed by atoms with Crippen molar-refractivity contribution < 1.29 is 36.1 Å². The number of esters is 1. The van der Waals surface area contributed by atoms with Crippen LogP contribution >= 0.6 is 0 Å². The van der Waals surface area contributed by atoms with E-state index < -0.39 is 0 Å². The quantitative estimate of drug-likeness (QED) is 0.403. The van der Waals surface area contributed by atoms with Gasteiger partial charge in [-0.3, -0.25) is 9.69 Å². The van der Waals surface area contributed by atoms with E-state index in [0.29, 0.717) is 29.3 Å². The monoisotopic (exact) mass is 594 g/mol. The van der Waals surface area contributed by atoms with Crippen LogP contribution in [0.15, 0.2) is 0 Å². The van der Waals surface area contributed by atoms with Gasteiger partial charge in [-0.25, -0.2) is 0 Å². The summed E-state index contributed by atoms with van der Waals surface area (Å²) in [5.74, 6) is 2.76. The lowest BCUT2D eigenvalue weighted by Gasteiger charge is -2.62. The number of quaternary nitrogens is 1. The van der Waals surface area contributed by atoms with E-state index in [1.165, 1.54) is 103 Å². The summed E-state index contributed by atoms with van der Waals surface area (Å²) in [5, 5.41) is 11.3. The molecule has 0 aromatic rings. The predicted molar refractivity (Wildman–Crippen MR) is 147 cm³/mol. The van der Waals surface area contributed by atoms with Gasteiger partial charge in [-0.05, 0) is 113 Å². The van der Waals surface area contributed by atoms with Gasteiger partial charge in [0.1, 0.15) is 6.04 Å². The minimum atomic E-state index is -0.144. The first-order chi connectivity index (χ1) is 17.7. The Morgan fingerprint density at radius 3 is 2.29 bits per heavy atom. The second-order valence-electron chi connectivity index (χ2n) is 15.2. The number of likely N-dealkylation sites (tertiary alicyclic amines) is 2. The van der Waals surface area contributed by atoms with Crippen LogP contribution in [0.3, 0.4) is 0 Å². The zero-order valence-corrected chi connectivity index (χ0v) is 26.3. The number of aliphatic hydroxyl groups excluding tert-OH is 1. The molecule has 4 aliphatic carbocycles. The minimum absolute atomic E-state index is 0. The number of ether oxygens (including phenoxy) is 1. The molecule has 0 aromatic carbocycles. The maximum Gasteiger partial charge on any atom is 0.303 e. The third kappa shape index (κ3) is 4.73. The number of aliphatic hydroxyl groups is 1. The summed E-state index contributed by atoms with van der Waals surface area (Å²) in [7, 11) is 2.47. The second kappa shape index (κ2) is 10.9. The summed E-state index contributed by atoms with van der Waals surface area (Å²) in [6.07, 6.45) is 16.4. The average molecular weight is 596 g/mol. The van der Waals surface area contributed by atoms with Crippen LogP contribution in [0.25, 0.3) is 0 Å². The van der Waals surface area contributed by atoms with Crippen LogP contribution in [0, 0.1) is 34.5 Å². The van der Waals surface area contributed by atoms with E-state index in [-0.39, 0.29) is 40.6 Å². The molecule has 6 fully saturated rings. The van der Waals surface area contributed by atoms with Gasteiger partial charge < -0.3 is 31.3 Å². The summed E-state index contributed by atoms with van der Waals surface area (Å²) in [6.45, 7) is 11.6. The van der Waals surface area contributed by atoms with Crippen LogP contribution < -0.4 is 17.0 Å². The summed E-state index contributed by atoms with van der Waals surface area (Å²) >= 11 is 0. The average Bonchev–Trinajstić information content (AvgIpc) is 3.17. The first-order valence-corrected chi connectivity index (χ1v) is 16.1. The highest BCUT2D eigenvalue weighted by Gasteiger charge is 2.67. The lowest BCUT2D eigenvalue weighted by molar-refractivity contribution is -0.940. The molecule has 0 spiro atoms. The van der Waals surface area contributed by atoms with Crippen molar-refractivity contribution >= 4 is 5.97 Å². The molecule has 2 aliphatic heterocycles. The molecule has 6 rings (SSSR count). The Balaban J connectivity index is 0.00000294. The van der Waals surface area contributed by atoms with Gasteiger partial charge in [0, 0.05) is 24.8 Å². The number of piperidine rings is 2. The molecule has 0 radical (unpaired) electrons. The Kier molecular flexibility index (Phi) is 8.42. The highest BCUT2D eigenvalue weighted by Crippen LogP contribution is 2.67. The van der Waals surface area contributed by atoms with Crippen LogP contribution in [0.5, 0.6) is 0 Å². The molecule has 10 atom stereocenters. The Bertz CT molecular complexity index is 858. The molecule has 1 N–H and O–H groups in total. The van der Waals surface area contributed by atoms with Crippen LogP contribution in [0.4, 0.5) is 0 Å². The van der Waals surface area contributed by atoms with E-state index in [1.54, 1.807) is 6.92 Å². The predicted octanol–water partition coefficient (Wildman–Crippen LogP) is 2.40. The number of carbonyl (C=O) groups is 1. The first kappa shape index (κ1) is 29.3. The minimum Gasteiger partial charge on any atom is -1.00 e. The Hall–Kier alpha value is -0.170. The Morgan fingerprint density at radius 1 is 0.921 bits per heavy atom. The molecule has 4 saturated carbocycles. The third-order valence-corrected chi connectivity index (χ3v) is 13.4. The molecular formula is C32H55BrN2O3. The molecule has 5 nitrogen and oxygen atoms in total. The normalized spacial score (nSPS) is 48.7. The maximum absolute atomic E-state index is 12.4. The zero-order chi connectivity index (χ0) is 26.0. The van der Waals surface area contributed by atoms with E-state index in [4.69, 9.17) is 4.74 Å². The molecule has 0 amide bonds. The zero-order valence-electron chi connectivity index (χ0n) is 24.7. The van der Waals surface area contributed by atoms with Gasteiger partial charge in [0.05, 0.1) is 26.2 Å². The second-order valence-corrected chi connectivity index (χ2v) is 15.2. The van der Waals surface area contributed by atoms with Crippen LogP contribution in [-0.2, 0) is 9.53 Å². The van der Waals surface area contributed by atoms with Crippen molar-refractivity contribution in [3.63, 3.8) is 0 Å². The number of fused-ring (bicyclic) bond motifs is 5. The lowest BCUT2D eigenvalue weighted by Crippen LogP contribution is -3.00. The molecule has 8 unspecified atom stereocenters. The Morgan fingerprint density at radius 2 is 1.61 bits per heavy atom. The van der Waals surface area contributed by atoms with Gasteiger partial charge in [0.25, 0.3) is 0 Å². The summed E-state index contributed by atoms with van der Waals surface area (Å²) < 4.78 is 7.46. The van der Waals surface area contributed by atoms with Gasteiger partial charge in [0.2, 0.25) is 0 Å². The summed E-state index contributed by atoms with van der Waals surface area (Å²) in [4.78, 5) is 15.1. The fraction of sp³-hybridized carbons (Fsp3) is 0.969. The van der Waals surface area contributed by atoms with Crippen molar-refractivity contribution in [2.75, 3.05) is 33.2 Å². The largest absolute Gasteiger partial charge is 1.00 e. The van der Waals surface area contributed by atoms with Crippen LogP contribution in [0.2, 0.25) is 0 Å². The molecule has 2 saturated heterocycles. The highest BCUT2D eigenvalue weighted by atomic mass is 79.9. The number of rotatable bonds is 3. The number of hydrogen-bond acceptors (Lipinski definition) is 4. The van der Waals surface area contributed by atoms with E-state index in [9.17, 15) is 9.90 Å². The molecule has 6 heteroatoms. The van der Waals surface area contributed by atoms with E-state index in [2.05, 4.69) is 25.8 Å². The topological polar surface area (TPSA) is 49.8 Å². The highest BCUT2D eigenvalue weighted by molar-refractivity contribution is 5.66. The fourth-order valence-corrected chi connectivity index (χ4v) is 11.4. The van der Waals surface area contributed by atoms with E-state index in [1.807, 2.05) is 0 Å². The van der Waals surface area contributed by atoms with Crippen molar-refractivity contribution in [2.24, 2.45) is 34.5 Å². The van der Waals surface area contributed by atoms with Crippen molar-refractivity contribution in [1.29, 1.82) is 0 Å². The van der Waals surface area contributed by atoms with Gasteiger partial charge in [-0.15, -0.1) is 0 Å². The lowest BCUT2D eigenvalue weighted by atomic mass is 9.44. The molecule has 0 aromatic heterocycles. The van der Waals surface area contributed by atoms with Crippen molar-refractivity contribution in [3.8, 4) is 0 Å². The molecule has 0 bridgehead atoms. The fourth-order valence-electron chi connectivity index (χ4n) is 11.4. The number of nitrogens with zero attached hydrogens (tertiary/aromatic N) is 2. The first-order valence-electron chi connectivity index (χ1n) is 16.1. The van der Waals surface area contributed by atoms with Crippen molar-refractivity contribution in [1.82, 2.24) is 4.90 Å². The van der Waals surface area contributed by atoms with Gasteiger partial charge >= 0.3 is 5.97 Å². The number of hydrogen-bond donors (Lipinski definition) is 1. The van der Waals surface area contributed by atoms with Crippen LogP contribution in [0.1, 0.15) is 104 Å². The molecular weight excluding hydrogens is 540 g/mol. The number of halogens is 1. The Labute approximate surface area is 242 Å².